The third-order valence-electron chi connectivity index (χ3n) is 9.51. The van der Waals surface area contributed by atoms with Crippen molar-refractivity contribution in [3.8, 4) is 44.8 Å². The summed E-state index contributed by atoms with van der Waals surface area (Å²) in [6.45, 7) is 10.3. The molecule has 0 spiro atoms. The molecule has 0 unspecified atom stereocenters. The monoisotopic (exact) mass is 865 g/mol. The maximum Gasteiger partial charge on any atom is 0.216 e. The second kappa shape index (κ2) is 15.0. The number of benzene rings is 4. The molecule has 0 aliphatic heterocycles. The Bertz CT molecular complexity index is 2750. The molecule has 261 valence electrons. The Kier molecular flexibility index (Phi) is 10.1. The zero-order valence-corrected chi connectivity index (χ0v) is 32.5. The molecule has 0 N–H and O–H groups in total. The van der Waals surface area contributed by atoms with E-state index in [0.29, 0.717) is 5.71 Å². The van der Waals surface area contributed by atoms with Gasteiger partial charge in [-0.3, -0.25) is 4.98 Å². The van der Waals surface area contributed by atoms with Crippen LogP contribution in [0.25, 0.3) is 77.7 Å². The van der Waals surface area contributed by atoms with E-state index in [4.69, 9.17) is 4.42 Å². The summed E-state index contributed by atoms with van der Waals surface area (Å²) >= 11 is 0. The summed E-state index contributed by atoms with van der Waals surface area (Å²) in [5, 5.41) is 3.15. The molecule has 0 fully saturated rings. The minimum atomic E-state index is 0. The Labute approximate surface area is 323 Å². The van der Waals surface area contributed by atoms with Crippen molar-refractivity contribution in [3.63, 3.8) is 0 Å². The topological polar surface area (TPSA) is 64.7 Å². The van der Waals surface area contributed by atoms with Crippen LogP contribution in [0.1, 0.15) is 28.1 Å². The molecule has 0 bridgehead atoms. The summed E-state index contributed by atoms with van der Waals surface area (Å²) in [6, 6.07) is 46.1. The summed E-state index contributed by atoms with van der Waals surface area (Å²) in [4.78, 5) is 18.3. The van der Waals surface area contributed by atoms with Gasteiger partial charge in [-0.25, -0.2) is 4.98 Å². The van der Waals surface area contributed by atoms with Crippen LogP contribution in [0.5, 0.6) is 0 Å². The number of nitrogens with zero attached hydrogens (tertiary/aromatic N) is 4. The van der Waals surface area contributed by atoms with Gasteiger partial charge in [-0.1, -0.05) is 83.6 Å². The fraction of sp³-hybridized carbons (Fsp3) is 0.106. The SMILES string of the molecule is Cc1ccc2cc(-c3ccnc(-c4[c-]ccc5c4oc4nc(C)ccc45)c3)ccc2n1.Cc1cnc(-c2[c-]cc(C)c(-c3ccccc3)c2)cc1C.[Ir]. The minimum Gasteiger partial charge on any atom is -0.486 e. The number of aryl methyl sites for hydroxylation is 5. The van der Waals surface area contributed by atoms with E-state index in [9.17, 15) is 0 Å². The fourth-order valence-corrected chi connectivity index (χ4v) is 6.47. The van der Waals surface area contributed by atoms with Crippen molar-refractivity contribution in [2.45, 2.75) is 34.6 Å². The summed E-state index contributed by atoms with van der Waals surface area (Å²) < 4.78 is 6.14. The number of aromatic nitrogens is 4. The summed E-state index contributed by atoms with van der Waals surface area (Å²) in [7, 11) is 0. The van der Waals surface area contributed by atoms with Crippen molar-refractivity contribution in [3.05, 3.63) is 168 Å². The molecule has 6 heteroatoms. The Balaban J connectivity index is 0.000000174. The van der Waals surface area contributed by atoms with Gasteiger partial charge in [0.15, 0.2) is 0 Å². The van der Waals surface area contributed by atoms with Crippen LogP contribution in [-0.4, -0.2) is 19.9 Å². The van der Waals surface area contributed by atoms with Crippen molar-refractivity contribution in [1.29, 1.82) is 0 Å². The molecule has 5 aromatic heterocycles. The van der Waals surface area contributed by atoms with Gasteiger partial charge < -0.3 is 14.4 Å². The van der Waals surface area contributed by atoms with Gasteiger partial charge in [0, 0.05) is 54.7 Å². The molecule has 9 rings (SSSR count). The van der Waals surface area contributed by atoms with E-state index in [1.165, 1.54) is 27.8 Å². The Morgan fingerprint density at radius 1 is 0.585 bits per heavy atom. The van der Waals surface area contributed by atoms with Crippen LogP contribution in [0, 0.1) is 46.8 Å². The maximum absolute atomic E-state index is 6.14. The van der Waals surface area contributed by atoms with E-state index < -0.39 is 0 Å². The molecule has 0 aliphatic rings. The third kappa shape index (κ3) is 7.30. The molecular formula is C47H36IrN4O-2. The molecule has 5 nitrogen and oxygen atoms in total. The second-order valence-corrected chi connectivity index (χ2v) is 13.3. The average Bonchev–Trinajstić information content (AvgIpc) is 3.54. The van der Waals surface area contributed by atoms with Gasteiger partial charge in [0.1, 0.15) is 0 Å². The Hall–Kier alpha value is -5.81. The molecular weight excluding hydrogens is 829 g/mol. The zero-order valence-electron chi connectivity index (χ0n) is 30.2. The number of fused-ring (bicyclic) bond motifs is 4. The molecule has 1 radical (unpaired) electrons. The summed E-state index contributed by atoms with van der Waals surface area (Å²) in [5.74, 6) is 0. The van der Waals surface area contributed by atoms with Gasteiger partial charge in [0.2, 0.25) is 5.71 Å². The molecule has 0 aliphatic carbocycles. The molecule has 9 aromatic rings. The minimum absolute atomic E-state index is 0. The average molecular weight is 865 g/mol. The maximum atomic E-state index is 6.14. The number of furan rings is 1. The number of hydrogen-bond donors (Lipinski definition) is 0. The first-order valence-electron chi connectivity index (χ1n) is 17.4. The van der Waals surface area contributed by atoms with Crippen LogP contribution in [0.15, 0.2) is 132 Å². The smallest absolute Gasteiger partial charge is 0.216 e. The van der Waals surface area contributed by atoms with Gasteiger partial charge in [-0.05, 0) is 97.7 Å². The van der Waals surface area contributed by atoms with Crippen LogP contribution in [0.4, 0.5) is 0 Å². The van der Waals surface area contributed by atoms with E-state index in [0.717, 1.165) is 72.3 Å². The number of hydrogen-bond acceptors (Lipinski definition) is 5. The molecule has 0 amide bonds. The molecule has 4 aromatic carbocycles. The first-order chi connectivity index (χ1) is 25.3. The molecule has 0 saturated heterocycles. The zero-order chi connectivity index (χ0) is 35.8. The van der Waals surface area contributed by atoms with Crippen molar-refractivity contribution >= 4 is 33.0 Å². The predicted octanol–water partition coefficient (Wildman–Crippen LogP) is 11.8. The third-order valence-corrected chi connectivity index (χ3v) is 9.51. The first kappa shape index (κ1) is 35.6. The molecule has 5 heterocycles. The Morgan fingerprint density at radius 2 is 1.38 bits per heavy atom. The van der Waals surface area contributed by atoms with E-state index in [-0.39, 0.29) is 20.1 Å². The summed E-state index contributed by atoms with van der Waals surface area (Å²) in [6.07, 6.45) is 3.76. The predicted molar refractivity (Wildman–Crippen MR) is 212 cm³/mol. The fourth-order valence-electron chi connectivity index (χ4n) is 6.47. The van der Waals surface area contributed by atoms with Gasteiger partial charge in [0.05, 0.1) is 11.1 Å². The number of pyridine rings is 4. The van der Waals surface area contributed by atoms with E-state index >= 15 is 0 Å². The Morgan fingerprint density at radius 3 is 2.21 bits per heavy atom. The van der Waals surface area contributed by atoms with Crippen LogP contribution in [0.2, 0.25) is 0 Å². The quantitative estimate of drug-likeness (QED) is 0.165. The standard InChI is InChI=1S/C27H18N3O.C20H18N.Ir/c1-16-6-8-20-14-18(9-11-24(20)29-16)19-12-13-28-25(15-19)23-5-3-4-21-22-10-7-17(2)30-27(22)31-26(21)23;1-14-9-10-18(20-11-15(2)16(3)13-21-20)12-19(14)17-7-5-4-6-8-17;/h3-4,6-15H,1-2H3;4-9,11-13H,1-3H3;/q2*-1;. The van der Waals surface area contributed by atoms with Crippen molar-refractivity contribution in [2.24, 2.45) is 0 Å². The van der Waals surface area contributed by atoms with Gasteiger partial charge in [-0.2, -0.15) is 0 Å². The number of rotatable bonds is 4. The van der Waals surface area contributed by atoms with Crippen LogP contribution in [-0.2, 0) is 20.1 Å². The van der Waals surface area contributed by atoms with Gasteiger partial charge in [0.25, 0.3) is 0 Å². The molecule has 0 atom stereocenters. The van der Waals surface area contributed by atoms with Crippen molar-refractivity contribution in [1.82, 2.24) is 19.9 Å². The largest absolute Gasteiger partial charge is 0.486 e. The first-order valence-corrected chi connectivity index (χ1v) is 17.4. The van der Waals surface area contributed by atoms with E-state index in [2.05, 4.69) is 132 Å². The van der Waals surface area contributed by atoms with Crippen molar-refractivity contribution < 1.29 is 24.5 Å². The normalized spacial score (nSPS) is 11.0. The van der Waals surface area contributed by atoms with Gasteiger partial charge >= 0.3 is 0 Å². The van der Waals surface area contributed by atoms with Crippen LogP contribution >= 0.6 is 0 Å². The van der Waals surface area contributed by atoms with Gasteiger partial charge in [-0.15, -0.1) is 47.5 Å². The second-order valence-electron chi connectivity index (χ2n) is 13.3. The molecule has 0 saturated carbocycles. The van der Waals surface area contributed by atoms with Crippen LogP contribution < -0.4 is 0 Å². The van der Waals surface area contributed by atoms with Crippen molar-refractivity contribution in [2.75, 3.05) is 0 Å². The molecule has 53 heavy (non-hydrogen) atoms. The van der Waals surface area contributed by atoms with E-state index in [1.807, 2.05) is 62.6 Å². The van der Waals surface area contributed by atoms with E-state index in [1.54, 1.807) is 0 Å². The summed E-state index contributed by atoms with van der Waals surface area (Å²) in [5.41, 5.74) is 16.4. The van der Waals surface area contributed by atoms with Crippen LogP contribution in [0.3, 0.4) is 0 Å².